The number of anilines is 1. The Balaban J connectivity index is 2.25. The number of halogens is 3. The molecule has 98 valence electrons. The molecule has 0 radical (unpaired) electrons. The zero-order valence-electron chi connectivity index (χ0n) is 9.88. The molecule has 0 saturated heterocycles. The monoisotopic (exact) mass is 282 g/mol. The number of nitrogens with zero attached hydrogens (tertiary/aromatic N) is 1. The summed E-state index contributed by atoms with van der Waals surface area (Å²) in [7, 11) is 0. The van der Waals surface area contributed by atoms with Crippen molar-refractivity contribution in [2.24, 2.45) is 0 Å². The fourth-order valence-electron chi connectivity index (χ4n) is 1.42. The number of benzene rings is 1. The fraction of sp³-hybridized carbons (Fsp3) is 0.0769. The van der Waals surface area contributed by atoms with E-state index in [4.69, 9.17) is 11.6 Å². The Labute approximate surface area is 113 Å². The Hall–Kier alpha value is -2.01. The molecular formula is C13H9ClF2N2O. The van der Waals surface area contributed by atoms with Crippen LogP contribution in [0.15, 0.2) is 30.5 Å². The Kier molecular flexibility index (Phi) is 3.76. The van der Waals surface area contributed by atoms with E-state index < -0.39 is 17.5 Å². The second-order valence-corrected chi connectivity index (χ2v) is 4.33. The van der Waals surface area contributed by atoms with Crippen LogP contribution >= 0.6 is 11.6 Å². The molecule has 0 fully saturated rings. The van der Waals surface area contributed by atoms with Crippen LogP contribution in [-0.2, 0) is 0 Å². The summed E-state index contributed by atoms with van der Waals surface area (Å²) in [6, 6.07) is 4.87. The SMILES string of the molecule is Cc1ccc(NC(=O)c2cc(F)c(F)cc2Cl)nc1. The second kappa shape index (κ2) is 5.32. The highest BCUT2D eigenvalue weighted by Crippen LogP contribution is 2.21. The van der Waals surface area contributed by atoms with Gasteiger partial charge in [-0.2, -0.15) is 0 Å². The molecule has 19 heavy (non-hydrogen) atoms. The zero-order valence-corrected chi connectivity index (χ0v) is 10.6. The van der Waals surface area contributed by atoms with Crippen LogP contribution in [0.25, 0.3) is 0 Å². The number of amides is 1. The third kappa shape index (κ3) is 3.06. The molecule has 6 heteroatoms. The van der Waals surface area contributed by atoms with Crippen LogP contribution < -0.4 is 5.32 Å². The molecule has 3 nitrogen and oxygen atoms in total. The van der Waals surface area contributed by atoms with E-state index in [9.17, 15) is 13.6 Å². The van der Waals surface area contributed by atoms with Gasteiger partial charge in [-0.15, -0.1) is 0 Å². The van der Waals surface area contributed by atoms with Gasteiger partial charge >= 0.3 is 0 Å². The normalized spacial score (nSPS) is 10.3. The lowest BCUT2D eigenvalue weighted by atomic mass is 10.2. The van der Waals surface area contributed by atoms with Gasteiger partial charge in [-0.25, -0.2) is 13.8 Å². The van der Waals surface area contributed by atoms with E-state index in [1.165, 1.54) is 0 Å². The number of aryl methyl sites for hydroxylation is 1. The van der Waals surface area contributed by atoms with Gasteiger partial charge in [0.05, 0.1) is 10.6 Å². The molecule has 0 atom stereocenters. The minimum Gasteiger partial charge on any atom is -0.307 e. The van der Waals surface area contributed by atoms with E-state index in [0.29, 0.717) is 5.82 Å². The molecule has 2 rings (SSSR count). The third-order valence-corrected chi connectivity index (χ3v) is 2.72. The van der Waals surface area contributed by atoms with Crippen molar-refractivity contribution in [1.82, 2.24) is 4.98 Å². The minimum absolute atomic E-state index is 0.150. The molecule has 1 amide bonds. The summed E-state index contributed by atoms with van der Waals surface area (Å²) >= 11 is 5.70. The van der Waals surface area contributed by atoms with E-state index in [-0.39, 0.29) is 10.6 Å². The summed E-state index contributed by atoms with van der Waals surface area (Å²) < 4.78 is 26.0. The first kappa shape index (κ1) is 13.4. The summed E-state index contributed by atoms with van der Waals surface area (Å²) in [4.78, 5) is 15.8. The average molecular weight is 283 g/mol. The Morgan fingerprint density at radius 2 is 1.95 bits per heavy atom. The van der Waals surface area contributed by atoms with Gasteiger partial charge in [-0.05, 0) is 30.7 Å². The molecule has 0 aliphatic rings. The predicted octanol–water partition coefficient (Wildman–Crippen LogP) is 3.57. The Bertz CT molecular complexity index is 629. The number of carbonyl (C=O) groups excluding carboxylic acids is 1. The Morgan fingerprint density at radius 1 is 1.26 bits per heavy atom. The van der Waals surface area contributed by atoms with Gasteiger partial charge < -0.3 is 5.32 Å². The topological polar surface area (TPSA) is 42.0 Å². The first-order chi connectivity index (χ1) is 8.97. The third-order valence-electron chi connectivity index (χ3n) is 2.41. The first-order valence-electron chi connectivity index (χ1n) is 5.36. The lowest BCUT2D eigenvalue weighted by Crippen LogP contribution is -2.14. The molecule has 1 heterocycles. The Morgan fingerprint density at radius 3 is 2.58 bits per heavy atom. The van der Waals surface area contributed by atoms with E-state index in [1.54, 1.807) is 18.3 Å². The summed E-state index contributed by atoms with van der Waals surface area (Å²) in [6.45, 7) is 1.85. The molecule has 0 spiro atoms. The lowest BCUT2D eigenvalue weighted by molar-refractivity contribution is 0.102. The van der Waals surface area contributed by atoms with Crippen molar-refractivity contribution in [3.05, 3.63) is 58.2 Å². The van der Waals surface area contributed by atoms with Crippen LogP contribution in [0.5, 0.6) is 0 Å². The number of rotatable bonds is 2. The molecular weight excluding hydrogens is 274 g/mol. The lowest BCUT2D eigenvalue weighted by Gasteiger charge is -2.06. The summed E-state index contributed by atoms with van der Waals surface area (Å²) in [6.07, 6.45) is 1.57. The number of carbonyl (C=O) groups is 1. The maximum Gasteiger partial charge on any atom is 0.258 e. The summed E-state index contributed by atoms with van der Waals surface area (Å²) in [5.74, 6) is -2.59. The second-order valence-electron chi connectivity index (χ2n) is 3.92. The molecule has 0 aliphatic carbocycles. The number of hydrogen-bond acceptors (Lipinski definition) is 2. The highest BCUT2D eigenvalue weighted by atomic mass is 35.5. The quantitative estimate of drug-likeness (QED) is 0.856. The summed E-state index contributed by atoms with van der Waals surface area (Å²) in [5, 5.41) is 2.29. The van der Waals surface area contributed by atoms with Crippen molar-refractivity contribution in [3.8, 4) is 0 Å². The number of aromatic nitrogens is 1. The molecule has 1 aromatic heterocycles. The van der Waals surface area contributed by atoms with Crippen molar-refractivity contribution in [1.29, 1.82) is 0 Å². The predicted molar refractivity (Wildman–Crippen MR) is 68.3 cm³/mol. The standard InChI is InChI=1S/C13H9ClF2N2O/c1-7-2-3-12(17-6-7)18-13(19)8-4-10(15)11(16)5-9(8)14/h2-6H,1H3,(H,17,18,19). The minimum atomic E-state index is -1.13. The van der Waals surface area contributed by atoms with Crippen LogP contribution in [-0.4, -0.2) is 10.9 Å². The molecule has 1 aromatic carbocycles. The van der Waals surface area contributed by atoms with Crippen molar-refractivity contribution in [3.63, 3.8) is 0 Å². The van der Waals surface area contributed by atoms with Crippen LogP contribution in [0, 0.1) is 18.6 Å². The van der Waals surface area contributed by atoms with E-state index >= 15 is 0 Å². The molecule has 1 N–H and O–H groups in total. The first-order valence-corrected chi connectivity index (χ1v) is 5.73. The van der Waals surface area contributed by atoms with Gasteiger partial charge in [-0.1, -0.05) is 17.7 Å². The van der Waals surface area contributed by atoms with Gasteiger partial charge in [0.25, 0.3) is 5.91 Å². The van der Waals surface area contributed by atoms with Crippen molar-refractivity contribution >= 4 is 23.3 Å². The van der Waals surface area contributed by atoms with Gasteiger partial charge in [-0.3, -0.25) is 4.79 Å². The van der Waals surface area contributed by atoms with Crippen molar-refractivity contribution in [2.75, 3.05) is 5.32 Å². The highest BCUT2D eigenvalue weighted by Gasteiger charge is 2.15. The molecule has 0 saturated carbocycles. The van der Waals surface area contributed by atoms with Crippen molar-refractivity contribution in [2.45, 2.75) is 6.92 Å². The molecule has 0 unspecified atom stereocenters. The van der Waals surface area contributed by atoms with Crippen molar-refractivity contribution < 1.29 is 13.6 Å². The van der Waals surface area contributed by atoms with Crippen LogP contribution in [0.2, 0.25) is 5.02 Å². The van der Waals surface area contributed by atoms with E-state index in [2.05, 4.69) is 10.3 Å². The fourth-order valence-corrected chi connectivity index (χ4v) is 1.66. The van der Waals surface area contributed by atoms with Crippen LogP contribution in [0.3, 0.4) is 0 Å². The summed E-state index contributed by atoms with van der Waals surface area (Å²) in [5.41, 5.74) is 0.784. The number of pyridine rings is 1. The largest absolute Gasteiger partial charge is 0.307 e. The zero-order chi connectivity index (χ0) is 14.0. The van der Waals surface area contributed by atoms with E-state index in [1.807, 2.05) is 6.92 Å². The van der Waals surface area contributed by atoms with Gasteiger partial charge in [0.2, 0.25) is 0 Å². The maximum atomic E-state index is 13.1. The van der Waals surface area contributed by atoms with Crippen LogP contribution in [0.4, 0.5) is 14.6 Å². The smallest absolute Gasteiger partial charge is 0.258 e. The number of nitrogens with one attached hydrogen (secondary N) is 1. The van der Waals surface area contributed by atoms with Gasteiger partial charge in [0.15, 0.2) is 11.6 Å². The maximum absolute atomic E-state index is 13.1. The highest BCUT2D eigenvalue weighted by molar-refractivity contribution is 6.34. The van der Waals surface area contributed by atoms with E-state index in [0.717, 1.165) is 17.7 Å². The van der Waals surface area contributed by atoms with Gasteiger partial charge in [0, 0.05) is 6.20 Å². The van der Waals surface area contributed by atoms with Gasteiger partial charge in [0.1, 0.15) is 5.82 Å². The molecule has 0 aliphatic heterocycles. The molecule has 2 aromatic rings. The average Bonchev–Trinajstić information content (AvgIpc) is 2.36. The van der Waals surface area contributed by atoms with Crippen LogP contribution in [0.1, 0.15) is 15.9 Å². The molecule has 0 bridgehead atoms. The number of hydrogen-bond donors (Lipinski definition) is 1.